The first-order valence-corrected chi connectivity index (χ1v) is 12.0. The fourth-order valence-corrected chi connectivity index (χ4v) is 6.55. The Bertz CT molecular complexity index is 2070. The molecule has 0 aliphatic heterocycles. The van der Waals surface area contributed by atoms with Crippen LogP contribution in [-0.4, -0.2) is 19.4 Å². The molecule has 0 atom stereocenters. The first kappa shape index (κ1) is 17.8. The van der Waals surface area contributed by atoms with Crippen LogP contribution in [-0.2, 0) is 12.8 Å². The molecule has 2 aliphatic rings. The molecule has 0 saturated heterocycles. The minimum Gasteiger partial charge on any atom is -0.275 e. The molecular weight excluding hydrogens is 428 g/mol. The number of nitrogens with zero attached hydrogens (tertiary/aromatic N) is 4. The molecule has 0 unspecified atom stereocenters. The molecule has 0 N–H and O–H groups in total. The average Bonchev–Trinajstić information content (AvgIpc) is 3.59. The molecule has 0 bridgehead atoms. The van der Waals surface area contributed by atoms with Crippen LogP contribution in [0, 0.1) is 0 Å². The Kier molecular flexibility index (Phi) is 3.11. The molecule has 0 radical (unpaired) electrons. The van der Waals surface area contributed by atoms with E-state index in [0.29, 0.717) is 0 Å². The number of benzene rings is 3. The lowest BCUT2D eigenvalue weighted by atomic mass is 9.96. The number of imidazole rings is 1. The Morgan fingerprint density at radius 3 is 2.37 bits per heavy atom. The molecule has 9 rings (SSSR count). The minimum absolute atomic E-state index is 0.926. The number of rotatable bonds is 0. The van der Waals surface area contributed by atoms with E-state index in [-0.39, 0.29) is 0 Å². The van der Waals surface area contributed by atoms with Crippen molar-refractivity contribution in [2.75, 3.05) is 0 Å². The largest absolute Gasteiger partial charge is 0.275 e. The fraction of sp³-hybridized carbons (Fsp3) is 0.0645. The lowest BCUT2D eigenvalue weighted by Gasteiger charge is -2.09. The van der Waals surface area contributed by atoms with Crippen LogP contribution in [0.15, 0.2) is 85.3 Å². The van der Waals surface area contributed by atoms with Crippen molar-refractivity contribution in [3.63, 3.8) is 0 Å². The molecule has 2 aliphatic carbocycles. The SMILES string of the molecule is c1ccc2c(c1)Cc1c-2ccc2c1Cc1c-2ccc2nc3c4ccncc4c4cccnc4n3c12. The molecule has 4 heteroatoms. The Balaban J connectivity index is 1.39. The third kappa shape index (κ3) is 2.11. The van der Waals surface area contributed by atoms with Crippen LogP contribution in [0.1, 0.15) is 22.3 Å². The van der Waals surface area contributed by atoms with Gasteiger partial charge in [-0.3, -0.25) is 9.38 Å². The van der Waals surface area contributed by atoms with Crippen molar-refractivity contribution in [3.05, 3.63) is 108 Å². The van der Waals surface area contributed by atoms with Crippen molar-refractivity contribution in [2.45, 2.75) is 12.8 Å². The van der Waals surface area contributed by atoms with Gasteiger partial charge in [-0.1, -0.05) is 42.5 Å². The predicted molar refractivity (Wildman–Crippen MR) is 140 cm³/mol. The van der Waals surface area contributed by atoms with Gasteiger partial charge < -0.3 is 0 Å². The molecule has 3 aromatic carbocycles. The summed E-state index contributed by atoms with van der Waals surface area (Å²) in [5.74, 6) is 0. The first-order chi connectivity index (χ1) is 17.4. The molecule has 0 spiro atoms. The summed E-state index contributed by atoms with van der Waals surface area (Å²) in [6.07, 6.45) is 7.60. The molecule has 0 amide bonds. The topological polar surface area (TPSA) is 43.1 Å². The van der Waals surface area contributed by atoms with E-state index in [0.717, 1.165) is 45.8 Å². The van der Waals surface area contributed by atoms with Gasteiger partial charge in [0, 0.05) is 41.2 Å². The van der Waals surface area contributed by atoms with Gasteiger partial charge in [0.15, 0.2) is 0 Å². The highest BCUT2D eigenvalue weighted by Gasteiger charge is 2.30. The fourth-order valence-electron chi connectivity index (χ4n) is 6.55. The van der Waals surface area contributed by atoms with E-state index in [1.54, 1.807) is 0 Å². The molecule has 162 valence electrons. The van der Waals surface area contributed by atoms with Gasteiger partial charge in [-0.05, 0) is 75.2 Å². The van der Waals surface area contributed by atoms with E-state index >= 15 is 0 Å². The lowest BCUT2D eigenvalue weighted by molar-refractivity contribution is 1.16. The van der Waals surface area contributed by atoms with E-state index in [2.05, 4.69) is 70.0 Å². The summed E-state index contributed by atoms with van der Waals surface area (Å²) in [5.41, 5.74) is 15.3. The first-order valence-electron chi connectivity index (χ1n) is 12.0. The van der Waals surface area contributed by atoms with E-state index in [9.17, 15) is 0 Å². The Hall–Kier alpha value is -4.57. The molecule has 4 heterocycles. The highest BCUT2D eigenvalue weighted by atomic mass is 15.1. The van der Waals surface area contributed by atoms with Gasteiger partial charge in [0.2, 0.25) is 0 Å². The maximum Gasteiger partial charge on any atom is 0.147 e. The van der Waals surface area contributed by atoms with Gasteiger partial charge in [0.05, 0.1) is 11.0 Å². The maximum atomic E-state index is 5.13. The molecule has 4 aromatic heterocycles. The highest BCUT2D eigenvalue weighted by molar-refractivity contribution is 6.13. The normalized spacial score (nSPS) is 13.5. The smallest absolute Gasteiger partial charge is 0.147 e. The van der Waals surface area contributed by atoms with Crippen LogP contribution < -0.4 is 0 Å². The number of pyridine rings is 3. The van der Waals surface area contributed by atoms with E-state index in [1.165, 1.54) is 50.0 Å². The molecule has 0 saturated carbocycles. The van der Waals surface area contributed by atoms with E-state index in [4.69, 9.17) is 9.97 Å². The van der Waals surface area contributed by atoms with Crippen molar-refractivity contribution in [3.8, 4) is 22.3 Å². The van der Waals surface area contributed by atoms with Gasteiger partial charge in [0.25, 0.3) is 0 Å². The molecule has 7 aromatic rings. The summed E-state index contributed by atoms with van der Waals surface area (Å²) < 4.78 is 2.28. The van der Waals surface area contributed by atoms with Gasteiger partial charge in [0.1, 0.15) is 11.3 Å². The summed E-state index contributed by atoms with van der Waals surface area (Å²) >= 11 is 0. The van der Waals surface area contributed by atoms with Crippen LogP contribution in [0.25, 0.3) is 60.7 Å². The Morgan fingerprint density at radius 2 is 1.40 bits per heavy atom. The van der Waals surface area contributed by atoms with Gasteiger partial charge in [-0.2, -0.15) is 0 Å². The molecule has 35 heavy (non-hydrogen) atoms. The van der Waals surface area contributed by atoms with Crippen molar-refractivity contribution in [1.82, 2.24) is 19.4 Å². The van der Waals surface area contributed by atoms with Gasteiger partial charge >= 0.3 is 0 Å². The highest BCUT2D eigenvalue weighted by Crippen LogP contribution is 2.48. The summed E-state index contributed by atoms with van der Waals surface area (Å²) in [7, 11) is 0. The second-order valence-electron chi connectivity index (χ2n) is 9.65. The number of aromatic nitrogens is 4. The van der Waals surface area contributed by atoms with Crippen LogP contribution >= 0.6 is 0 Å². The summed E-state index contributed by atoms with van der Waals surface area (Å²) in [5, 5.41) is 3.30. The third-order valence-corrected chi connectivity index (χ3v) is 8.02. The van der Waals surface area contributed by atoms with Crippen molar-refractivity contribution in [2.24, 2.45) is 0 Å². The average molecular weight is 447 g/mol. The van der Waals surface area contributed by atoms with Gasteiger partial charge in [-0.15, -0.1) is 0 Å². The minimum atomic E-state index is 0.926. The van der Waals surface area contributed by atoms with Crippen LogP contribution in [0.4, 0.5) is 0 Å². The zero-order chi connectivity index (χ0) is 22.7. The summed E-state index contributed by atoms with van der Waals surface area (Å²) in [4.78, 5) is 14.4. The monoisotopic (exact) mass is 446 g/mol. The second-order valence-corrected chi connectivity index (χ2v) is 9.65. The Labute approximate surface area is 200 Å². The summed E-state index contributed by atoms with van der Waals surface area (Å²) in [6, 6.07) is 24.1. The quantitative estimate of drug-likeness (QED) is 0.243. The lowest BCUT2D eigenvalue weighted by Crippen LogP contribution is -1.96. The van der Waals surface area contributed by atoms with Crippen LogP contribution in [0.5, 0.6) is 0 Å². The number of fused-ring (bicyclic) bond motifs is 16. The summed E-state index contributed by atoms with van der Waals surface area (Å²) in [6.45, 7) is 0. The van der Waals surface area contributed by atoms with Crippen LogP contribution in [0.3, 0.4) is 0 Å². The number of hydrogen-bond donors (Lipinski definition) is 0. The maximum absolute atomic E-state index is 5.13. The van der Waals surface area contributed by atoms with Crippen LogP contribution in [0.2, 0.25) is 0 Å². The van der Waals surface area contributed by atoms with Gasteiger partial charge in [-0.25, -0.2) is 9.97 Å². The van der Waals surface area contributed by atoms with Crippen molar-refractivity contribution in [1.29, 1.82) is 0 Å². The Morgan fingerprint density at radius 1 is 0.600 bits per heavy atom. The van der Waals surface area contributed by atoms with E-state index in [1.807, 2.05) is 24.7 Å². The molecule has 0 fully saturated rings. The standard InChI is InChI=1S/C31H18N4/c1-2-5-18-17(4-1)14-24-19(18)7-8-20-21-9-10-28-29(26(21)15-25(20)24)35-30-22(6-3-12-33-30)27-16-32-13-11-23(27)31(35)34-28/h1-13,16H,14-15H2. The molecular formula is C31H18N4. The zero-order valence-corrected chi connectivity index (χ0v) is 18.8. The third-order valence-electron chi connectivity index (χ3n) is 8.02. The van der Waals surface area contributed by atoms with E-state index < -0.39 is 0 Å². The number of hydrogen-bond acceptors (Lipinski definition) is 3. The predicted octanol–water partition coefficient (Wildman–Crippen LogP) is 6.73. The van der Waals surface area contributed by atoms with Crippen molar-refractivity contribution < 1.29 is 0 Å². The van der Waals surface area contributed by atoms with Crippen molar-refractivity contribution >= 4 is 38.5 Å². The zero-order valence-electron chi connectivity index (χ0n) is 18.8. The second kappa shape index (κ2) is 6.10. The molecule has 4 nitrogen and oxygen atoms in total.